The van der Waals surface area contributed by atoms with Crippen LogP contribution in [0.4, 0.5) is 0 Å². The number of benzene rings is 1. The minimum Gasteiger partial charge on any atom is -0.383 e. The number of carbonyl (C=O) groups excluding carboxylic acids is 2. The van der Waals surface area contributed by atoms with Crippen molar-refractivity contribution in [1.82, 2.24) is 14.7 Å². The predicted octanol–water partition coefficient (Wildman–Crippen LogP) is 1.96. The molecule has 0 bridgehead atoms. The molecule has 1 aromatic carbocycles. The van der Waals surface area contributed by atoms with E-state index in [2.05, 4.69) is 5.10 Å². The van der Waals surface area contributed by atoms with E-state index in [4.69, 9.17) is 4.74 Å². The third-order valence-electron chi connectivity index (χ3n) is 5.40. The van der Waals surface area contributed by atoms with Crippen molar-refractivity contribution in [3.8, 4) is 5.69 Å². The van der Waals surface area contributed by atoms with Gasteiger partial charge in [0.15, 0.2) is 12.4 Å². The molecule has 0 unspecified atom stereocenters. The molecule has 1 aliphatic rings. The number of aromatic nitrogens is 3. The van der Waals surface area contributed by atoms with Gasteiger partial charge in [0, 0.05) is 24.9 Å². The number of para-hydroxylation sites is 1. The van der Waals surface area contributed by atoms with Gasteiger partial charge in [0.25, 0.3) is 17.2 Å². The Balaban J connectivity index is 1.99. The fourth-order valence-electron chi connectivity index (χ4n) is 3.83. The number of ether oxygens (including phenoxy) is 1. The third kappa shape index (κ3) is 3.58. The van der Waals surface area contributed by atoms with E-state index in [0.717, 1.165) is 4.90 Å². The highest BCUT2D eigenvalue weighted by molar-refractivity contribution is 6.44. The first-order valence-corrected chi connectivity index (χ1v) is 10.4. The maximum absolute atomic E-state index is 13.6. The molecular weight excluding hydrogens is 408 g/mol. The van der Waals surface area contributed by atoms with Gasteiger partial charge < -0.3 is 4.74 Å². The Labute approximate surface area is 185 Å². The van der Waals surface area contributed by atoms with Crippen molar-refractivity contribution < 1.29 is 18.9 Å². The second kappa shape index (κ2) is 8.76. The lowest BCUT2D eigenvalue weighted by molar-refractivity contribution is -0.576. The lowest BCUT2D eigenvalue weighted by Gasteiger charge is -2.13. The normalized spacial score (nSPS) is 14.2. The Kier molecular flexibility index (Phi) is 5.87. The first kappa shape index (κ1) is 21.5. The molecule has 0 aliphatic carbocycles. The molecule has 8 heteroatoms. The van der Waals surface area contributed by atoms with E-state index in [-0.39, 0.29) is 41.5 Å². The molecule has 32 heavy (non-hydrogen) atoms. The average Bonchev–Trinajstić information content (AvgIpc) is 3.26. The fraction of sp³-hybridized carbons (Fsp3) is 0.250. The summed E-state index contributed by atoms with van der Waals surface area (Å²) < 4.78 is 8.09. The molecule has 0 radical (unpaired) electrons. The van der Waals surface area contributed by atoms with Gasteiger partial charge in [-0.1, -0.05) is 38.1 Å². The monoisotopic (exact) mass is 433 g/mol. The zero-order chi connectivity index (χ0) is 22.8. The van der Waals surface area contributed by atoms with E-state index < -0.39 is 11.8 Å². The SMILES string of the molecule is COCCN1C(=O)C(c2c(C(C)C)[nH]n(-c3ccccc3)c2=O)=C([n+]2ccccc2)C1=O. The maximum Gasteiger partial charge on any atom is 0.326 e. The van der Waals surface area contributed by atoms with Crippen molar-refractivity contribution in [2.45, 2.75) is 19.8 Å². The van der Waals surface area contributed by atoms with E-state index in [1.54, 1.807) is 41.2 Å². The van der Waals surface area contributed by atoms with Crippen LogP contribution in [-0.4, -0.2) is 46.8 Å². The number of nitrogens with one attached hydrogen (secondary N) is 1. The number of methoxy groups -OCH3 is 1. The van der Waals surface area contributed by atoms with Crippen LogP contribution in [-0.2, 0) is 14.3 Å². The summed E-state index contributed by atoms with van der Waals surface area (Å²) in [7, 11) is 1.51. The summed E-state index contributed by atoms with van der Waals surface area (Å²) in [6.07, 6.45) is 3.38. The lowest BCUT2D eigenvalue weighted by atomic mass is 9.98. The molecule has 0 saturated carbocycles. The van der Waals surface area contributed by atoms with Gasteiger partial charge in [-0.2, -0.15) is 4.57 Å². The Bertz CT molecular complexity index is 1240. The molecule has 3 heterocycles. The van der Waals surface area contributed by atoms with Crippen molar-refractivity contribution >= 4 is 23.1 Å². The van der Waals surface area contributed by atoms with Crippen molar-refractivity contribution in [3.63, 3.8) is 0 Å². The second-order valence-electron chi connectivity index (χ2n) is 7.79. The number of amides is 2. The molecule has 4 rings (SSSR count). The number of H-pyrrole nitrogens is 1. The zero-order valence-corrected chi connectivity index (χ0v) is 18.2. The fourth-order valence-corrected chi connectivity index (χ4v) is 3.83. The summed E-state index contributed by atoms with van der Waals surface area (Å²) in [5.41, 5.74) is 1.34. The Morgan fingerprint density at radius 3 is 2.25 bits per heavy atom. The summed E-state index contributed by atoms with van der Waals surface area (Å²) in [6.45, 7) is 4.17. The highest BCUT2D eigenvalue weighted by Gasteiger charge is 2.47. The molecule has 0 fully saturated rings. The molecule has 3 aromatic rings. The largest absolute Gasteiger partial charge is 0.383 e. The summed E-state index contributed by atoms with van der Waals surface area (Å²) in [5.74, 6) is -1.05. The summed E-state index contributed by atoms with van der Waals surface area (Å²) in [4.78, 5) is 41.6. The van der Waals surface area contributed by atoms with Crippen molar-refractivity contribution in [2.75, 3.05) is 20.3 Å². The number of imide groups is 1. The van der Waals surface area contributed by atoms with Crippen LogP contribution in [0.25, 0.3) is 17.0 Å². The van der Waals surface area contributed by atoms with Crippen molar-refractivity contribution in [1.29, 1.82) is 0 Å². The van der Waals surface area contributed by atoms with Gasteiger partial charge in [-0.3, -0.25) is 24.4 Å². The zero-order valence-electron chi connectivity index (χ0n) is 18.2. The van der Waals surface area contributed by atoms with Gasteiger partial charge in [-0.15, -0.1) is 0 Å². The molecule has 1 N–H and O–H groups in total. The van der Waals surface area contributed by atoms with Gasteiger partial charge >= 0.3 is 5.91 Å². The smallest absolute Gasteiger partial charge is 0.326 e. The standard InChI is InChI=1S/C24H24N4O4/c1-16(2)20-18(23(30)28(25-20)17-10-6-4-7-11-17)19-21(26-12-8-5-9-13-26)24(31)27(22(19)29)14-15-32-3/h4-13,16H,14-15H2,1-3H3/p+1. The number of rotatable bonds is 7. The summed E-state index contributed by atoms with van der Waals surface area (Å²) in [6, 6.07) is 14.5. The lowest BCUT2D eigenvalue weighted by Crippen LogP contribution is -2.40. The molecule has 8 nitrogen and oxygen atoms in total. The van der Waals surface area contributed by atoms with Crippen molar-refractivity contribution in [2.24, 2.45) is 0 Å². The van der Waals surface area contributed by atoms with Crippen LogP contribution >= 0.6 is 0 Å². The number of hydrogen-bond donors (Lipinski definition) is 1. The maximum atomic E-state index is 13.6. The van der Waals surface area contributed by atoms with Crippen LogP contribution in [0.2, 0.25) is 0 Å². The second-order valence-corrected chi connectivity index (χ2v) is 7.79. The number of pyridine rings is 1. The molecular formula is C24H25N4O4+. The van der Waals surface area contributed by atoms with Crippen LogP contribution in [0.3, 0.4) is 0 Å². The van der Waals surface area contributed by atoms with Gasteiger partial charge in [0.1, 0.15) is 5.57 Å². The number of aromatic amines is 1. The van der Waals surface area contributed by atoms with E-state index in [1.165, 1.54) is 11.8 Å². The summed E-state index contributed by atoms with van der Waals surface area (Å²) in [5, 5.41) is 3.16. The first-order chi connectivity index (χ1) is 15.5. The molecule has 0 saturated heterocycles. The molecule has 0 spiro atoms. The highest BCUT2D eigenvalue weighted by atomic mass is 16.5. The number of carbonyl (C=O) groups is 2. The third-order valence-corrected chi connectivity index (χ3v) is 5.40. The molecule has 164 valence electrons. The van der Waals surface area contributed by atoms with Gasteiger partial charge in [-0.25, -0.2) is 4.68 Å². The minimum absolute atomic E-state index is 0.0897. The van der Waals surface area contributed by atoms with Crippen LogP contribution < -0.4 is 10.1 Å². The minimum atomic E-state index is -0.503. The number of nitrogens with zero attached hydrogens (tertiary/aromatic N) is 3. The average molecular weight is 433 g/mol. The predicted molar refractivity (Wildman–Crippen MR) is 119 cm³/mol. The highest BCUT2D eigenvalue weighted by Crippen LogP contribution is 2.32. The van der Waals surface area contributed by atoms with E-state index in [9.17, 15) is 14.4 Å². The Hall–Kier alpha value is -3.78. The van der Waals surface area contributed by atoms with Crippen LogP contribution in [0, 0.1) is 0 Å². The van der Waals surface area contributed by atoms with Crippen LogP contribution in [0.5, 0.6) is 0 Å². The van der Waals surface area contributed by atoms with E-state index >= 15 is 0 Å². The first-order valence-electron chi connectivity index (χ1n) is 10.4. The quantitative estimate of drug-likeness (QED) is 0.456. The summed E-state index contributed by atoms with van der Waals surface area (Å²) >= 11 is 0. The van der Waals surface area contributed by atoms with E-state index in [0.29, 0.717) is 11.4 Å². The van der Waals surface area contributed by atoms with Crippen LogP contribution in [0.15, 0.2) is 65.7 Å². The molecule has 0 atom stereocenters. The number of hydrogen-bond acceptors (Lipinski definition) is 4. The van der Waals surface area contributed by atoms with Crippen molar-refractivity contribution in [3.05, 3.63) is 82.5 Å². The molecule has 2 aromatic heterocycles. The van der Waals surface area contributed by atoms with E-state index in [1.807, 2.05) is 38.1 Å². The van der Waals surface area contributed by atoms with Gasteiger partial charge in [0.05, 0.1) is 24.4 Å². The van der Waals surface area contributed by atoms with Crippen LogP contribution in [0.1, 0.15) is 31.0 Å². The van der Waals surface area contributed by atoms with Gasteiger partial charge in [0.2, 0.25) is 0 Å². The Morgan fingerprint density at radius 2 is 1.62 bits per heavy atom. The molecule has 2 amide bonds. The van der Waals surface area contributed by atoms with Gasteiger partial charge in [-0.05, 0) is 18.1 Å². The topological polar surface area (TPSA) is 88.3 Å². The Morgan fingerprint density at radius 1 is 0.969 bits per heavy atom. The molecule has 1 aliphatic heterocycles.